The molecule has 0 amide bonds. The van der Waals surface area contributed by atoms with Gasteiger partial charge < -0.3 is 4.79 Å². The van der Waals surface area contributed by atoms with Crippen molar-refractivity contribution in [3.63, 3.8) is 0 Å². The van der Waals surface area contributed by atoms with Crippen LogP contribution in [-0.2, 0) is 4.79 Å². The number of hydrogen-bond donors (Lipinski definition) is 0. The van der Waals surface area contributed by atoms with Crippen molar-refractivity contribution in [2.75, 3.05) is 0 Å². The molecule has 60 valence electrons. The molecule has 0 aliphatic heterocycles. The fourth-order valence-corrected chi connectivity index (χ4v) is 1.44. The van der Waals surface area contributed by atoms with Crippen molar-refractivity contribution in [1.29, 1.82) is 0 Å². The van der Waals surface area contributed by atoms with E-state index in [4.69, 9.17) is 0 Å². The number of hydrogen-bond acceptors (Lipinski definition) is 1. The van der Waals surface area contributed by atoms with Gasteiger partial charge in [0.15, 0.2) is 0 Å². The fourth-order valence-electron chi connectivity index (χ4n) is 1.44. The van der Waals surface area contributed by atoms with E-state index in [9.17, 15) is 4.79 Å². The first-order valence-corrected chi connectivity index (χ1v) is 3.99. The predicted molar refractivity (Wildman–Crippen MR) is 46.2 cm³/mol. The molecular weight excluding hydrogens is 136 g/mol. The third-order valence-corrected chi connectivity index (χ3v) is 2.51. The SMILES string of the molecule is C=CC(C)(C=O)C1C=CCC1. The maximum atomic E-state index is 10.7. The number of carbonyl (C=O) groups excluding carboxylic acids is 1. The molecule has 1 rings (SSSR count). The molecule has 1 nitrogen and oxygen atoms in total. The molecule has 0 aromatic rings. The van der Waals surface area contributed by atoms with Gasteiger partial charge in [-0.15, -0.1) is 6.58 Å². The van der Waals surface area contributed by atoms with Gasteiger partial charge in [-0.2, -0.15) is 0 Å². The van der Waals surface area contributed by atoms with Gasteiger partial charge in [0.05, 0.1) is 0 Å². The van der Waals surface area contributed by atoms with Crippen molar-refractivity contribution in [3.8, 4) is 0 Å². The Balaban J connectivity index is 2.75. The van der Waals surface area contributed by atoms with Gasteiger partial charge in [-0.1, -0.05) is 18.2 Å². The minimum absolute atomic E-state index is 0.340. The van der Waals surface area contributed by atoms with Gasteiger partial charge in [0.25, 0.3) is 0 Å². The minimum atomic E-state index is -0.340. The number of carbonyl (C=O) groups is 1. The zero-order chi connectivity index (χ0) is 8.32. The second-order valence-electron chi connectivity index (χ2n) is 3.30. The number of aldehydes is 1. The Morgan fingerprint density at radius 1 is 1.73 bits per heavy atom. The van der Waals surface area contributed by atoms with Crippen LogP contribution in [0.2, 0.25) is 0 Å². The quantitative estimate of drug-likeness (QED) is 0.446. The summed E-state index contributed by atoms with van der Waals surface area (Å²) >= 11 is 0. The van der Waals surface area contributed by atoms with E-state index in [1.807, 2.05) is 6.92 Å². The van der Waals surface area contributed by atoms with Crippen LogP contribution in [0.4, 0.5) is 0 Å². The molecule has 0 N–H and O–H groups in total. The standard InChI is InChI=1S/C10H14O/c1-3-10(2,8-11)9-6-4-5-7-9/h3-4,6,8-9H,1,5,7H2,2H3. The molecule has 1 heteroatoms. The van der Waals surface area contributed by atoms with Gasteiger partial charge >= 0.3 is 0 Å². The fraction of sp³-hybridized carbons (Fsp3) is 0.500. The van der Waals surface area contributed by atoms with E-state index in [1.165, 1.54) is 0 Å². The van der Waals surface area contributed by atoms with Crippen molar-refractivity contribution in [1.82, 2.24) is 0 Å². The average Bonchev–Trinajstić information content (AvgIpc) is 2.55. The molecule has 0 aromatic heterocycles. The predicted octanol–water partition coefficient (Wildman–Crippen LogP) is 2.34. The number of allylic oxidation sites excluding steroid dienone is 3. The number of rotatable bonds is 3. The maximum Gasteiger partial charge on any atom is 0.130 e. The summed E-state index contributed by atoms with van der Waals surface area (Å²) in [6.07, 6.45) is 9.19. The van der Waals surface area contributed by atoms with E-state index in [1.54, 1.807) is 6.08 Å². The molecule has 0 saturated heterocycles. The molecule has 11 heavy (non-hydrogen) atoms. The summed E-state index contributed by atoms with van der Waals surface area (Å²) in [5.41, 5.74) is -0.340. The molecule has 1 aliphatic carbocycles. The van der Waals surface area contributed by atoms with Gasteiger partial charge in [0.2, 0.25) is 0 Å². The summed E-state index contributed by atoms with van der Waals surface area (Å²) < 4.78 is 0. The van der Waals surface area contributed by atoms with Crippen LogP contribution in [0, 0.1) is 11.3 Å². The van der Waals surface area contributed by atoms with Gasteiger partial charge in [-0.05, 0) is 25.7 Å². The molecule has 0 radical (unpaired) electrons. The lowest BCUT2D eigenvalue weighted by Crippen LogP contribution is -2.23. The Labute approximate surface area is 67.8 Å². The third-order valence-electron chi connectivity index (χ3n) is 2.51. The molecule has 0 bridgehead atoms. The highest BCUT2D eigenvalue weighted by molar-refractivity contribution is 5.63. The first kappa shape index (κ1) is 8.25. The van der Waals surface area contributed by atoms with Crippen molar-refractivity contribution < 1.29 is 4.79 Å². The lowest BCUT2D eigenvalue weighted by Gasteiger charge is -2.24. The topological polar surface area (TPSA) is 17.1 Å². The summed E-state index contributed by atoms with van der Waals surface area (Å²) in [6.45, 7) is 5.62. The normalized spacial score (nSPS) is 27.9. The third kappa shape index (κ3) is 1.42. The van der Waals surface area contributed by atoms with Crippen molar-refractivity contribution >= 4 is 6.29 Å². The van der Waals surface area contributed by atoms with Crippen molar-refractivity contribution in [3.05, 3.63) is 24.8 Å². The van der Waals surface area contributed by atoms with E-state index in [-0.39, 0.29) is 5.41 Å². The second kappa shape index (κ2) is 3.04. The van der Waals surface area contributed by atoms with Crippen molar-refractivity contribution in [2.24, 2.45) is 11.3 Å². The Morgan fingerprint density at radius 2 is 2.45 bits per heavy atom. The van der Waals surface area contributed by atoms with Crippen LogP contribution in [0.5, 0.6) is 0 Å². The molecular formula is C10H14O. The zero-order valence-corrected chi connectivity index (χ0v) is 6.92. The molecule has 1 aliphatic rings. The maximum absolute atomic E-state index is 10.7. The summed E-state index contributed by atoms with van der Waals surface area (Å²) in [7, 11) is 0. The molecule has 0 aromatic carbocycles. The zero-order valence-electron chi connectivity index (χ0n) is 6.92. The first-order chi connectivity index (χ1) is 5.23. The van der Waals surface area contributed by atoms with Crippen LogP contribution in [0.1, 0.15) is 19.8 Å². The molecule has 0 saturated carbocycles. The summed E-state index contributed by atoms with van der Waals surface area (Å²) in [4.78, 5) is 10.7. The molecule has 2 unspecified atom stereocenters. The Kier molecular flexibility index (Phi) is 2.28. The van der Waals surface area contributed by atoms with Gasteiger partial charge in [-0.3, -0.25) is 0 Å². The largest absolute Gasteiger partial charge is 0.302 e. The lowest BCUT2D eigenvalue weighted by atomic mass is 9.78. The molecule has 0 heterocycles. The average molecular weight is 150 g/mol. The van der Waals surface area contributed by atoms with Gasteiger partial charge in [-0.25, -0.2) is 0 Å². The van der Waals surface area contributed by atoms with Crippen LogP contribution in [0.15, 0.2) is 24.8 Å². The summed E-state index contributed by atoms with van der Waals surface area (Å²) in [5.74, 6) is 0.373. The van der Waals surface area contributed by atoms with E-state index in [0.29, 0.717) is 5.92 Å². The van der Waals surface area contributed by atoms with Crippen LogP contribution < -0.4 is 0 Å². The summed E-state index contributed by atoms with van der Waals surface area (Å²) in [6, 6.07) is 0. The van der Waals surface area contributed by atoms with Crippen LogP contribution in [0.25, 0.3) is 0 Å². The molecule has 0 fully saturated rings. The van der Waals surface area contributed by atoms with E-state index >= 15 is 0 Å². The highest BCUT2D eigenvalue weighted by Crippen LogP contribution is 2.34. The van der Waals surface area contributed by atoms with Crippen LogP contribution in [-0.4, -0.2) is 6.29 Å². The van der Waals surface area contributed by atoms with E-state index in [2.05, 4.69) is 18.7 Å². The van der Waals surface area contributed by atoms with Crippen LogP contribution in [0.3, 0.4) is 0 Å². The lowest BCUT2D eigenvalue weighted by molar-refractivity contribution is -0.114. The Bertz CT molecular complexity index is 183. The van der Waals surface area contributed by atoms with E-state index < -0.39 is 0 Å². The molecule has 0 spiro atoms. The Morgan fingerprint density at radius 3 is 2.82 bits per heavy atom. The molecule has 2 atom stereocenters. The minimum Gasteiger partial charge on any atom is -0.302 e. The van der Waals surface area contributed by atoms with E-state index in [0.717, 1.165) is 19.1 Å². The highest BCUT2D eigenvalue weighted by atomic mass is 16.1. The van der Waals surface area contributed by atoms with Crippen LogP contribution >= 0.6 is 0 Å². The highest BCUT2D eigenvalue weighted by Gasteiger charge is 2.30. The van der Waals surface area contributed by atoms with Gasteiger partial charge in [0.1, 0.15) is 6.29 Å². The van der Waals surface area contributed by atoms with Crippen molar-refractivity contribution in [2.45, 2.75) is 19.8 Å². The monoisotopic (exact) mass is 150 g/mol. The second-order valence-corrected chi connectivity index (χ2v) is 3.30. The Hall–Kier alpha value is -0.850. The summed E-state index contributed by atoms with van der Waals surface area (Å²) in [5, 5.41) is 0. The van der Waals surface area contributed by atoms with Gasteiger partial charge in [0, 0.05) is 5.41 Å². The smallest absolute Gasteiger partial charge is 0.130 e. The first-order valence-electron chi connectivity index (χ1n) is 3.99.